The van der Waals surface area contributed by atoms with Crippen LogP contribution in [0.3, 0.4) is 0 Å². The maximum atomic E-state index is 12.9. The number of nitrogens with zero attached hydrogens (tertiary/aromatic N) is 1. The molecule has 1 aliphatic heterocycles. The number of hydrogen-bond donors (Lipinski definition) is 0. The molecule has 1 aromatic carbocycles. The summed E-state index contributed by atoms with van der Waals surface area (Å²) in [6, 6.07) is 7.76. The molecule has 1 nitrogen and oxygen atoms in total. The van der Waals surface area contributed by atoms with Gasteiger partial charge < -0.3 is 4.90 Å². The van der Waals surface area contributed by atoms with Gasteiger partial charge in [0.2, 0.25) is 0 Å². The van der Waals surface area contributed by atoms with E-state index in [0.717, 1.165) is 25.2 Å². The van der Waals surface area contributed by atoms with Gasteiger partial charge in [-0.05, 0) is 25.9 Å². The van der Waals surface area contributed by atoms with E-state index in [0.29, 0.717) is 0 Å². The van der Waals surface area contributed by atoms with Crippen molar-refractivity contribution in [3.05, 3.63) is 35.6 Å². The van der Waals surface area contributed by atoms with Gasteiger partial charge in [-0.25, -0.2) is 4.39 Å². The van der Waals surface area contributed by atoms with E-state index in [-0.39, 0.29) is 5.82 Å². The van der Waals surface area contributed by atoms with Crippen molar-refractivity contribution in [2.75, 3.05) is 13.1 Å². The Morgan fingerprint density at radius 2 is 2.00 bits per heavy atom. The monoisotopic (exact) mass is 335 g/mol. The summed E-state index contributed by atoms with van der Waals surface area (Å²) < 4.78 is 12.9. The fourth-order valence-corrected chi connectivity index (χ4v) is 1.93. The molecule has 0 bridgehead atoms. The number of likely N-dealkylation sites (tertiary alicyclic amines) is 1. The molecule has 0 spiro atoms. The summed E-state index contributed by atoms with van der Waals surface area (Å²) in [6.45, 7) is 3.13. The molecule has 0 radical (unpaired) electrons. The van der Waals surface area contributed by atoms with E-state index in [4.69, 9.17) is 0 Å². The summed E-state index contributed by atoms with van der Waals surface area (Å²) in [6.07, 6.45) is 3.88. The molecule has 1 saturated heterocycles. The second-order valence-electron chi connectivity index (χ2n) is 3.87. The molecule has 0 unspecified atom stereocenters. The van der Waals surface area contributed by atoms with Gasteiger partial charge in [-0.15, -0.1) is 17.7 Å². The molecular weight excluding hydrogens is 322 g/mol. The Bertz CT molecular complexity index is 303. The fourth-order valence-electron chi connectivity index (χ4n) is 1.93. The second kappa shape index (κ2) is 8.33. The van der Waals surface area contributed by atoms with Crippen molar-refractivity contribution in [3.63, 3.8) is 0 Å². The summed E-state index contributed by atoms with van der Waals surface area (Å²) in [7, 11) is 0. The van der Waals surface area contributed by atoms with E-state index >= 15 is 0 Å². The van der Waals surface area contributed by atoms with Crippen LogP contribution in [0, 0.1) is 11.9 Å². The topological polar surface area (TPSA) is 3.24 Å². The summed E-state index contributed by atoms with van der Waals surface area (Å²) in [5.41, 5.74) is 0.965. The Balaban J connectivity index is 0.000000606. The van der Waals surface area contributed by atoms with E-state index in [9.17, 15) is 4.39 Å². The zero-order valence-corrected chi connectivity index (χ0v) is 13.9. The first kappa shape index (κ1) is 14.3. The molecule has 0 aromatic heterocycles. The van der Waals surface area contributed by atoms with Crippen LogP contribution in [0.5, 0.6) is 0 Å². The molecule has 0 aliphatic carbocycles. The average Bonchev–Trinajstić information content (AvgIpc) is 2.33. The van der Waals surface area contributed by atoms with Gasteiger partial charge in [-0.1, -0.05) is 6.42 Å². The molecule has 84 valence electrons. The molecule has 0 saturated carbocycles. The average molecular weight is 338 g/mol. The van der Waals surface area contributed by atoms with Crippen LogP contribution in [0.2, 0.25) is 0 Å². The SMILES string of the molecule is Fc1cc[c-]c(CN2CCCCC2)c1.[Zn+][Br]. The first-order valence-electron chi connectivity index (χ1n) is 5.50. The normalized spacial score (nSPS) is 16.5. The number of piperidine rings is 1. The molecule has 0 atom stereocenters. The molecule has 2 rings (SSSR count). The first-order valence-corrected chi connectivity index (χ1v) is 12.4. The molecule has 1 heterocycles. The van der Waals surface area contributed by atoms with Gasteiger partial charge in [0.15, 0.2) is 0 Å². The maximum absolute atomic E-state index is 12.9. The van der Waals surface area contributed by atoms with E-state index < -0.39 is 0 Å². The van der Waals surface area contributed by atoms with Crippen LogP contribution in [0.1, 0.15) is 24.8 Å². The van der Waals surface area contributed by atoms with Gasteiger partial charge in [-0.2, -0.15) is 12.1 Å². The molecule has 1 aromatic rings. The Morgan fingerprint density at radius 3 is 2.62 bits per heavy atom. The zero-order valence-electron chi connectivity index (χ0n) is 9.38. The summed E-state index contributed by atoms with van der Waals surface area (Å²) in [5.74, 6) is -0.157. The quantitative estimate of drug-likeness (QED) is 0.590. The van der Waals surface area contributed by atoms with Crippen LogP contribution in [0.25, 0.3) is 0 Å². The minimum atomic E-state index is -0.157. The van der Waals surface area contributed by atoms with Crippen molar-refractivity contribution in [2.24, 2.45) is 0 Å². The van der Waals surface area contributed by atoms with Gasteiger partial charge in [0.25, 0.3) is 0 Å². The number of hydrogen-bond acceptors (Lipinski definition) is 1. The number of rotatable bonds is 2. The second-order valence-corrected chi connectivity index (χ2v) is 3.87. The van der Waals surface area contributed by atoms with Crippen molar-refractivity contribution in [3.8, 4) is 0 Å². The van der Waals surface area contributed by atoms with Crippen LogP contribution in [0.15, 0.2) is 18.2 Å². The summed E-state index contributed by atoms with van der Waals surface area (Å²) in [4.78, 5) is 2.37. The Labute approximate surface area is 113 Å². The molecule has 0 amide bonds. The standard InChI is InChI=1S/C12H15FN.BrH.Zn/c13-12-6-4-5-11(9-12)10-14-7-2-1-3-8-14;;/h4,6,9H,1-3,7-8,10H2;1H;/q-1;;+2/p-1. The molecular formula is C12H15BrFNZn. The van der Waals surface area contributed by atoms with E-state index in [1.54, 1.807) is 12.1 Å². The minimum absolute atomic E-state index is 0.157. The molecule has 4 heteroatoms. The summed E-state index contributed by atoms with van der Waals surface area (Å²) >= 11 is 4.25. The van der Waals surface area contributed by atoms with Crippen molar-refractivity contribution in [2.45, 2.75) is 25.8 Å². The van der Waals surface area contributed by atoms with Crippen molar-refractivity contribution in [1.82, 2.24) is 4.90 Å². The summed E-state index contributed by atoms with van der Waals surface area (Å²) in [5, 5.41) is 0. The van der Waals surface area contributed by atoms with Crippen molar-refractivity contribution in [1.29, 1.82) is 0 Å². The van der Waals surface area contributed by atoms with Gasteiger partial charge in [0, 0.05) is 12.4 Å². The zero-order chi connectivity index (χ0) is 11.8. The predicted octanol–water partition coefficient (Wildman–Crippen LogP) is 3.45. The van der Waals surface area contributed by atoms with E-state index in [2.05, 4.69) is 24.6 Å². The van der Waals surface area contributed by atoms with Crippen molar-refractivity contribution < 1.29 is 20.7 Å². The third kappa shape index (κ3) is 5.03. The third-order valence-corrected chi connectivity index (χ3v) is 2.67. The van der Waals surface area contributed by atoms with Gasteiger partial charge in [0.1, 0.15) is 0 Å². The van der Waals surface area contributed by atoms with Gasteiger partial charge >= 0.3 is 30.0 Å². The van der Waals surface area contributed by atoms with Crippen LogP contribution in [-0.4, -0.2) is 18.0 Å². The van der Waals surface area contributed by atoms with Crippen molar-refractivity contribution >= 4 is 13.6 Å². The predicted molar refractivity (Wildman–Crippen MR) is 63.3 cm³/mol. The Kier molecular flexibility index (Phi) is 7.43. The Hall–Kier alpha value is 0.213. The molecule has 1 fully saturated rings. The van der Waals surface area contributed by atoms with Gasteiger partial charge in [0.05, 0.1) is 0 Å². The third-order valence-electron chi connectivity index (χ3n) is 2.67. The first-order chi connectivity index (χ1) is 7.84. The molecule has 1 aliphatic rings. The van der Waals surface area contributed by atoms with Gasteiger partial charge in [-0.3, -0.25) is 0 Å². The van der Waals surface area contributed by atoms with Crippen LogP contribution in [-0.2, 0) is 22.9 Å². The van der Waals surface area contributed by atoms with Crippen LogP contribution in [0.4, 0.5) is 4.39 Å². The van der Waals surface area contributed by atoms with Crippen LogP contribution >= 0.6 is 13.6 Å². The molecule has 16 heavy (non-hydrogen) atoms. The number of benzene rings is 1. The molecule has 0 N–H and O–H groups in total. The van der Waals surface area contributed by atoms with E-state index in [1.165, 1.54) is 41.7 Å². The van der Waals surface area contributed by atoms with E-state index in [1.807, 2.05) is 0 Å². The fraction of sp³-hybridized carbons (Fsp3) is 0.500. The van der Waals surface area contributed by atoms with Crippen LogP contribution < -0.4 is 0 Å². The Morgan fingerprint density at radius 1 is 1.31 bits per heavy atom. The number of halogens is 2.